The van der Waals surface area contributed by atoms with Crippen LogP contribution in [-0.4, -0.2) is 24.3 Å². The molecule has 0 bridgehead atoms. The van der Waals surface area contributed by atoms with E-state index in [1.54, 1.807) is 60.7 Å². The first-order chi connectivity index (χ1) is 17.3. The molecule has 8 heteroatoms. The van der Waals surface area contributed by atoms with E-state index in [0.29, 0.717) is 22.6 Å². The second kappa shape index (κ2) is 10.7. The van der Waals surface area contributed by atoms with Gasteiger partial charge in [0.15, 0.2) is 12.4 Å². The molecule has 0 saturated carbocycles. The highest BCUT2D eigenvalue weighted by atomic mass is 16.5. The van der Waals surface area contributed by atoms with Crippen molar-refractivity contribution in [3.63, 3.8) is 0 Å². The number of anilines is 1. The lowest BCUT2D eigenvalue weighted by Crippen LogP contribution is -2.21. The molecule has 0 radical (unpaired) electrons. The van der Waals surface area contributed by atoms with Gasteiger partial charge in [-0.3, -0.25) is 9.59 Å². The molecule has 0 spiro atoms. The Bertz CT molecular complexity index is 1500. The van der Waals surface area contributed by atoms with Crippen molar-refractivity contribution in [3.8, 4) is 5.75 Å². The van der Waals surface area contributed by atoms with Gasteiger partial charge in [-0.15, -0.1) is 0 Å². The number of ketones is 1. The van der Waals surface area contributed by atoms with Crippen LogP contribution in [0.2, 0.25) is 0 Å². The summed E-state index contributed by atoms with van der Waals surface area (Å²) in [6, 6.07) is 19.8. The number of Topliss-reactive ketones (excluding diaryl/α,β-unsaturated/α-hetero) is 1. The lowest BCUT2D eigenvalue weighted by Gasteiger charge is -2.09. The van der Waals surface area contributed by atoms with Crippen LogP contribution in [0.4, 0.5) is 5.69 Å². The number of rotatable bonds is 8. The van der Waals surface area contributed by atoms with E-state index in [-0.39, 0.29) is 18.0 Å². The summed E-state index contributed by atoms with van der Waals surface area (Å²) in [5.74, 6) is -0.739. The number of nitrogens with one attached hydrogen (secondary N) is 1. The third-order valence-electron chi connectivity index (χ3n) is 5.41. The summed E-state index contributed by atoms with van der Waals surface area (Å²) in [6.07, 6.45) is 0. The smallest absolute Gasteiger partial charge is 0.338 e. The first-order valence-electron chi connectivity index (χ1n) is 11.1. The summed E-state index contributed by atoms with van der Waals surface area (Å²) in [4.78, 5) is 47.5. The van der Waals surface area contributed by atoms with Gasteiger partial charge in [0.1, 0.15) is 17.9 Å². The van der Waals surface area contributed by atoms with Gasteiger partial charge in [0.2, 0.25) is 0 Å². The van der Waals surface area contributed by atoms with Crippen molar-refractivity contribution in [1.82, 2.24) is 0 Å². The van der Waals surface area contributed by atoms with Gasteiger partial charge < -0.3 is 19.2 Å². The summed E-state index contributed by atoms with van der Waals surface area (Å²) in [6.45, 7) is 3.04. The molecular weight excluding hydrogens is 462 g/mol. The Kier molecular flexibility index (Phi) is 7.25. The molecule has 1 amide bonds. The van der Waals surface area contributed by atoms with Gasteiger partial charge in [-0.2, -0.15) is 0 Å². The number of carbonyl (C=O) groups is 3. The standard InChI is InChI=1S/C28H23NO7/c1-17-12-27(32)36-25-14-23(10-11-24(17)25)34-15-19-6-8-20(9-7-19)28(33)35-16-26(31)29-22-5-3-4-21(13-22)18(2)30/h3-14H,15-16H2,1-2H3,(H,29,31). The van der Waals surface area contributed by atoms with Crippen LogP contribution in [0.3, 0.4) is 0 Å². The van der Waals surface area contributed by atoms with E-state index in [2.05, 4.69) is 5.32 Å². The summed E-state index contributed by atoms with van der Waals surface area (Å²) >= 11 is 0. The van der Waals surface area contributed by atoms with Gasteiger partial charge >= 0.3 is 11.6 Å². The highest BCUT2D eigenvalue weighted by molar-refractivity contribution is 5.98. The van der Waals surface area contributed by atoms with Crippen LogP contribution in [0.25, 0.3) is 11.0 Å². The predicted octanol–water partition coefficient (Wildman–Crippen LogP) is 4.68. The number of benzene rings is 3. The van der Waals surface area contributed by atoms with Gasteiger partial charge in [-0.25, -0.2) is 9.59 Å². The monoisotopic (exact) mass is 485 g/mol. The zero-order valence-electron chi connectivity index (χ0n) is 19.7. The SMILES string of the molecule is CC(=O)c1cccc(NC(=O)COC(=O)c2ccc(COc3ccc4c(C)cc(=O)oc4c3)cc2)c1. The number of carbonyl (C=O) groups excluding carboxylic acids is 3. The highest BCUT2D eigenvalue weighted by Gasteiger charge is 2.12. The zero-order valence-corrected chi connectivity index (χ0v) is 19.7. The van der Waals surface area contributed by atoms with Gasteiger partial charge in [0, 0.05) is 28.8 Å². The number of hydrogen-bond acceptors (Lipinski definition) is 7. The maximum Gasteiger partial charge on any atom is 0.338 e. The quantitative estimate of drug-likeness (QED) is 0.219. The number of ether oxygens (including phenoxy) is 2. The molecule has 1 N–H and O–H groups in total. The molecule has 3 aromatic carbocycles. The van der Waals surface area contributed by atoms with Crippen molar-refractivity contribution in [2.24, 2.45) is 0 Å². The maximum atomic E-state index is 12.3. The maximum absolute atomic E-state index is 12.3. The first-order valence-corrected chi connectivity index (χ1v) is 11.1. The molecule has 4 rings (SSSR count). The van der Waals surface area contributed by atoms with Crippen LogP contribution in [0.15, 0.2) is 82.0 Å². The average Bonchev–Trinajstić information content (AvgIpc) is 2.86. The molecule has 0 fully saturated rings. The fourth-order valence-corrected chi connectivity index (χ4v) is 3.53. The summed E-state index contributed by atoms with van der Waals surface area (Å²) in [7, 11) is 0. The molecule has 0 atom stereocenters. The minimum Gasteiger partial charge on any atom is -0.489 e. The number of hydrogen-bond donors (Lipinski definition) is 1. The number of esters is 1. The van der Waals surface area contributed by atoms with Gasteiger partial charge in [0.25, 0.3) is 5.91 Å². The van der Waals surface area contributed by atoms with Crippen LogP contribution in [0.1, 0.15) is 38.8 Å². The fraction of sp³-hybridized carbons (Fsp3) is 0.143. The van der Waals surface area contributed by atoms with Crippen molar-refractivity contribution >= 4 is 34.3 Å². The molecule has 0 aliphatic rings. The summed E-state index contributed by atoms with van der Waals surface area (Å²) < 4.78 is 16.1. The lowest BCUT2D eigenvalue weighted by atomic mass is 10.1. The predicted molar refractivity (Wildman–Crippen MR) is 133 cm³/mol. The summed E-state index contributed by atoms with van der Waals surface area (Å²) in [5, 5.41) is 3.43. The van der Waals surface area contributed by atoms with E-state index in [0.717, 1.165) is 16.5 Å². The Morgan fingerprint density at radius 2 is 1.69 bits per heavy atom. The normalized spacial score (nSPS) is 10.6. The third-order valence-corrected chi connectivity index (χ3v) is 5.41. The second-order valence-corrected chi connectivity index (χ2v) is 8.15. The van der Waals surface area contributed by atoms with Gasteiger partial charge in [-0.05, 0) is 61.4 Å². The minimum atomic E-state index is -0.643. The molecule has 182 valence electrons. The first kappa shape index (κ1) is 24.4. The van der Waals surface area contributed by atoms with Gasteiger partial charge in [0.05, 0.1) is 5.56 Å². The van der Waals surface area contributed by atoms with Crippen molar-refractivity contribution in [3.05, 3.63) is 105 Å². The van der Waals surface area contributed by atoms with Crippen LogP contribution < -0.4 is 15.7 Å². The lowest BCUT2D eigenvalue weighted by molar-refractivity contribution is -0.119. The second-order valence-electron chi connectivity index (χ2n) is 8.15. The van der Waals surface area contributed by atoms with Crippen molar-refractivity contribution < 1.29 is 28.3 Å². The van der Waals surface area contributed by atoms with Gasteiger partial charge in [-0.1, -0.05) is 24.3 Å². The molecule has 0 saturated heterocycles. The Labute approximate surface area is 206 Å². The molecule has 36 heavy (non-hydrogen) atoms. The molecule has 1 aromatic heterocycles. The van der Waals surface area contributed by atoms with Crippen LogP contribution in [-0.2, 0) is 16.1 Å². The number of aryl methyl sites for hydroxylation is 1. The number of amides is 1. The average molecular weight is 485 g/mol. The van der Waals surface area contributed by atoms with E-state index < -0.39 is 24.1 Å². The molecular formula is C28H23NO7. The molecule has 8 nitrogen and oxygen atoms in total. The Hall–Kier alpha value is -4.72. The van der Waals surface area contributed by atoms with E-state index >= 15 is 0 Å². The van der Waals surface area contributed by atoms with Crippen molar-refractivity contribution in [1.29, 1.82) is 0 Å². The third kappa shape index (κ3) is 6.04. The molecule has 1 heterocycles. The van der Waals surface area contributed by atoms with Crippen LogP contribution in [0.5, 0.6) is 5.75 Å². The Morgan fingerprint density at radius 1 is 0.917 bits per heavy atom. The highest BCUT2D eigenvalue weighted by Crippen LogP contribution is 2.23. The largest absolute Gasteiger partial charge is 0.489 e. The number of fused-ring (bicyclic) bond motifs is 1. The Balaban J connectivity index is 1.29. The van der Waals surface area contributed by atoms with E-state index in [9.17, 15) is 19.2 Å². The van der Waals surface area contributed by atoms with Crippen LogP contribution in [0, 0.1) is 6.92 Å². The van der Waals surface area contributed by atoms with Crippen molar-refractivity contribution in [2.75, 3.05) is 11.9 Å². The fourth-order valence-electron chi connectivity index (χ4n) is 3.53. The minimum absolute atomic E-state index is 0.118. The van der Waals surface area contributed by atoms with E-state index in [1.807, 2.05) is 13.0 Å². The molecule has 0 unspecified atom stereocenters. The van der Waals surface area contributed by atoms with E-state index in [4.69, 9.17) is 13.9 Å². The molecule has 0 aliphatic heterocycles. The topological polar surface area (TPSA) is 112 Å². The summed E-state index contributed by atoms with van der Waals surface area (Å²) in [5.41, 5.74) is 2.86. The van der Waals surface area contributed by atoms with Crippen molar-refractivity contribution in [2.45, 2.75) is 20.5 Å². The molecule has 4 aromatic rings. The Morgan fingerprint density at radius 3 is 2.44 bits per heavy atom. The van der Waals surface area contributed by atoms with E-state index in [1.165, 1.54) is 13.0 Å². The van der Waals surface area contributed by atoms with Crippen LogP contribution >= 0.6 is 0 Å². The molecule has 0 aliphatic carbocycles. The zero-order chi connectivity index (χ0) is 25.7.